The lowest BCUT2D eigenvalue weighted by atomic mass is 10.1. The minimum atomic E-state index is -0.539. The fourth-order valence-corrected chi connectivity index (χ4v) is 2.57. The van der Waals surface area contributed by atoms with Gasteiger partial charge >= 0.3 is 0 Å². The average Bonchev–Trinajstić information content (AvgIpc) is 2.73. The number of halogens is 2. The molecule has 0 saturated heterocycles. The van der Waals surface area contributed by atoms with Crippen LogP contribution in [0.25, 0.3) is 0 Å². The first-order valence-electron chi connectivity index (χ1n) is 7.54. The molecular weight excluding hydrogens is 293 g/mol. The maximum Gasteiger partial charge on any atom is 0.123 e. The summed E-state index contributed by atoms with van der Waals surface area (Å²) in [5, 5.41) is 13.3. The van der Waals surface area contributed by atoms with Crippen LogP contribution in [-0.4, -0.2) is 30.4 Å². The fourth-order valence-electron chi connectivity index (χ4n) is 2.57. The van der Waals surface area contributed by atoms with Gasteiger partial charge in [0.15, 0.2) is 0 Å². The van der Waals surface area contributed by atoms with E-state index in [0.717, 1.165) is 0 Å². The molecule has 0 amide bonds. The Morgan fingerprint density at radius 2 is 1.76 bits per heavy atom. The van der Waals surface area contributed by atoms with Crippen LogP contribution in [0.5, 0.6) is 5.75 Å². The van der Waals surface area contributed by atoms with E-state index in [4.69, 9.17) is 4.74 Å². The molecule has 0 aromatic heterocycles. The summed E-state index contributed by atoms with van der Waals surface area (Å²) in [5.41, 5.74) is 0. The lowest BCUT2D eigenvalue weighted by Gasteiger charge is -2.19. The summed E-state index contributed by atoms with van der Waals surface area (Å²) in [4.78, 5) is 0. The molecule has 1 aromatic rings. The predicted molar refractivity (Wildman–Crippen MR) is 84.6 cm³/mol. The summed E-state index contributed by atoms with van der Waals surface area (Å²) in [6.45, 7) is 0.775. The van der Waals surface area contributed by atoms with E-state index in [1.807, 2.05) is 0 Å². The topological polar surface area (TPSA) is 41.5 Å². The summed E-state index contributed by atoms with van der Waals surface area (Å²) in [5.74, 6) is 0.299. The summed E-state index contributed by atoms with van der Waals surface area (Å²) in [7, 11) is 0. The highest BCUT2D eigenvalue weighted by Gasteiger charge is 2.13. The fraction of sp³-hybridized carbons (Fsp3) is 0.625. The van der Waals surface area contributed by atoms with Crippen LogP contribution in [0.3, 0.4) is 0 Å². The van der Waals surface area contributed by atoms with Crippen LogP contribution in [0.1, 0.15) is 38.5 Å². The Kier molecular flexibility index (Phi) is 8.66. The largest absolute Gasteiger partial charge is 0.491 e. The molecule has 0 radical (unpaired) electrons. The van der Waals surface area contributed by atoms with Crippen molar-refractivity contribution in [1.82, 2.24) is 5.32 Å². The quantitative estimate of drug-likeness (QED) is 0.791. The molecule has 0 spiro atoms. The lowest BCUT2D eigenvalue weighted by Crippen LogP contribution is -2.37. The molecule has 120 valence electrons. The molecule has 21 heavy (non-hydrogen) atoms. The zero-order chi connectivity index (χ0) is 14.2. The van der Waals surface area contributed by atoms with Gasteiger partial charge in [-0.3, -0.25) is 0 Å². The SMILES string of the molecule is Cl.OC(CNC1CCCCCC1)COc1ccc(F)cc1. The second-order valence-electron chi connectivity index (χ2n) is 5.52. The standard InChI is InChI=1S/C16H24FNO2.ClH/c17-13-7-9-16(10-8-13)20-12-15(19)11-18-14-5-3-1-2-4-6-14;/h7-10,14-15,18-19H,1-6,11-12H2;1H. The first-order valence-corrected chi connectivity index (χ1v) is 7.54. The van der Waals surface area contributed by atoms with Crippen LogP contribution in [0.2, 0.25) is 0 Å². The minimum absolute atomic E-state index is 0. The van der Waals surface area contributed by atoms with Crippen molar-refractivity contribution in [3.63, 3.8) is 0 Å². The van der Waals surface area contributed by atoms with E-state index in [1.165, 1.54) is 50.7 Å². The van der Waals surface area contributed by atoms with Crippen molar-refractivity contribution in [2.75, 3.05) is 13.2 Å². The van der Waals surface area contributed by atoms with Gasteiger partial charge in [-0.15, -0.1) is 12.4 Å². The van der Waals surface area contributed by atoms with Crippen molar-refractivity contribution in [3.8, 4) is 5.75 Å². The highest BCUT2D eigenvalue weighted by molar-refractivity contribution is 5.85. The first kappa shape index (κ1) is 18.2. The summed E-state index contributed by atoms with van der Waals surface area (Å²) < 4.78 is 18.2. The van der Waals surface area contributed by atoms with Gasteiger partial charge in [0, 0.05) is 12.6 Å². The number of hydrogen-bond donors (Lipinski definition) is 2. The predicted octanol–water partition coefficient (Wildman–Crippen LogP) is 3.30. The summed E-state index contributed by atoms with van der Waals surface area (Å²) in [6, 6.07) is 6.37. The maximum atomic E-state index is 12.7. The van der Waals surface area contributed by atoms with Gasteiger partial charge in [-0.2, -0.15) is 0 Å². The van der Waals surface area contributed by atoms with Crippen molar-refractivity contribution in [2.24, 2.45) is 0 Å². The summed E-state index contributed by atoms with van der Waals surface area (Å²) >= 11 is 0. The van der Waals surface area contributed by atoms with Gasteiger partial charge in [0.25, 0.3) is 0 Å². The van der Waals surface area contributed by atoms with Gasteiger partial charge in [-0.05, 0) is 37.1 Å². The van der Waals surface area contributed by atoms with E-state index in [-0.39, 0.29) is 24.8 Å². The Balaban J connectivity index is 0.00000220. The number of aliphatic hydroxyl groups is 1. The molecule has 1 aliphatic rings. The Morgan fingerprint density at radius 3 is 2.38 bits per heavy atom. The molecule has 3 nitrogen and oxygen atoms in total. The molecule has 1 unspecified atom stereocenters. The van der Waals surface area contributed by atoms with Crippen molar-refractivity contribution in [2.45, 2.75) is 50.7 Å². The van der Waals surface area contributed by atoms with E-state index < -0.39 is 6.10 Å². The second kappa shape index (κ2) is 9.98. The van der Waals surface area contributed by atoms with Gasteiger partial charge in [0.2, 0.25) is 0 Å². The molecule has 1 aromatic carbocycles. The molecule has 2 N–H and O–H groups in total. The summed E-state index contributed by atoms with van der Waals surface area (Å²) in [6.07, 6.45) is 7.07. The molecular formula is C16H25ClFNO2. The third-order valence-corrected chi connectivity index (χ3v) is 3.75. The molecule has 2 rings (SSSR count). The molecule has 1 aliphatic carbocycles. The second-order valence-corrected chi connectivity index (χ2v) is 5.52. The van der Waals surface area contributed by atoms with E-state index in [9.17, 15) is 9.50 Å². The zero-order valence-electron chi connectivity index (χ0n) is 12.3. The Labute approximate surface area is 132 Å². The zero-order valence-corrected chi connectivity index (χ0v) is 13.1. The van der Waals surface area contributed by atoms with Gasteiger partial charge in [0.1, 0.15) is 24.3 Å². The van der Waals surface area contributed by atoms with E-state index in [1.54, 1.807) is 12.1 Å². The van der Waals surface area contributed by atoms with Gasteiger partial charge in [-0.1, -0.05) is 25.7 Å². The third kappa shape index (κ3) is 7.11. The Bertz CT molecular complexity index is 380. The smallest absolute Gasteiger partial charge is 0.123 e. The maximum absolute atomic E-state index is 12.7. The number of rotatable bonds is 6. The third-order valence-electron chi connectivity index (χ3n) is 3.75. The molecule has 1 atom stereocenters. The number of benzene rings is 1. The monoisotopic (exact) mass is 317 g/mol. The van der Waals surface area contributed by atoms with Gasteiger partial charge in [0.05, 0.1) is 0 Å². The van der Waals surface area contributed by atoms with Crippen molar-refractivity contribution < 1.29 is 14.2 Å². The Hall–Kier alpha value is -0.840. The van der Waals surface area contributed by atoms with Crippen LogP contribution in [0.15, 0.2) is 24.3 Å². The van der Waals surface area contributed by atoms with E-state index >= 15 is 0 Å². The van der Waals surface area contributed by atoms with Crippen molar-refractivity contribution in [1.29, 1.82) is 0 Å². The van der Waals surface area contributed by atoms with Crippen LogP contribution in [0, 0.1) is 5.82 Å². The van der Waals surface area contributed by atoms with Crippen LogP contribution in [-0.2, 0) is 0 Å². The van der Waals surface area contributed by atoms with Crippen LogP contribution < -0.4 is 10.1 Å². The minimum Gasteiger partial charge on any atom is -0.491 e. The number of nitrogens with one attached hydrogen (secondary N) is 1. The van der Waals surface area contributed by atoms with Gasteiger partial charge in [-0.25, -0.2) is 4.39 Å². The molecule has 1 fully saturated rings. The van der Waals surface area contributed by atoms with Crippen molar-refractivity contribution in [3.05, 3.63) is 30.1 Å². The highest BCUT2D eigenvalue weighted by Crippen LogP contribution is 2.17. The van der Waals surface area contributed by atoms with Crippen LogP contribution >= 0.6 is 12.4 Å². The normalized spacial score (nSPS) is 17.6. The Morgan fingerprint density at radius 1 is 1.14 bits per heavy atom. The van der Waals surface area contributed by atoms with E-state index in [0.29, 0.717) is 18.3 Å². The number of aliphatic hydroxyl groups excluding tert-OH is 1. The molecule has 0 heterocycles. The molecule has 0 aliphatic heterocycles. The van der Waals surface area contributed by atoms with Crippen LogP contribution in [0.4, 0.5) is 4.39 Å². The number of hydrogen-bond acceptors (Lipinski definition) is 3. The van der Waals surface area contributed by atoms with E-state index in [2.05, 4.69) is 5.32 Å². The molecule has 5 heteroatoms. The lowest BCUT2D eigenvalue weighted by molar-refractivity contribution is 0.103. The molecule has 1 saturated carbocycles. The highest BCUT2D eigenvalue weighted by atomic mass is 35.5. The first-order chi connectivity index (χ1) is 9.74. The van der Waals surface area contributed by atoms with Crippen molar-refractivity contribution >= 4 is 12.4 Å². The average molecular weight is 318 g/mol. The molecule has 0 bridgehead atoms. The van der Waals surface area contributed by atoms with Gasteiger partial charge < -0.3 is 15.2 Å². The number of ether oxygens (including phenoxy) is 1.